The van der Waals surface area contributed by atoms with Gasteiger partial charge in [0.25, 0.3) is 5.91 Å². The molecule has 2 fully saturated rings. The molecule has 2 atom stereocenters. The van der Waals surface area contributed by atoms with Crippen molar-refractivity contribution in [3.63, 3.8) is 0 Å². The number of benzene rings is 2. The number of nitrogens with two attached hydrogens (primary N) is 1. The van der Waals surface area contributed by atoms with Crippen molar-refractivity contribution in [3.05, 3.63) is 82.9 Å². The second-order valence-electron chi connectivity index (χ2n) is 10.9. The Morgan fingerprint density at radius 3 is 2.66 bits per heavy atom. The van der Waals surface area contributed by atoms with Gasteiger partial charge in [0.1, 0.15) is 11.5 Å². The summed E-state index contributed by atoms with van der Waals surface area (Å²) in [5.41, 5.74) is 12.3. The van der Waals surface area contributed by atoms with E-state index in [1.165, 1.54) is 11.1 Å². The van der Waals surface area contributed by atoms with Crippen LogP contribution < -0.4 is 10.6 Å². The molecular weight excluding hydrogens is 479 g/mol. The lowest BCUT2D eigenvalue weighted by atomic mass is 9.93. The maximum absolute atomic E-state index is 15.3. The first kappa shape index (κ1) is 23.3. The van der Waals surface area contributed by atoms with Gasteiger partial charge in [-0.2, -0.15) is 5.10 Å². The monoisotopic (exact) mass is 510 g/mol. The number of carbonyl (C=O) groups is 1. The van der Waals surface area contributed by atoms with Gasteiger partial charge in [-0.1, -0.05) is 24.3 Å². The first-order valence-electron chi connectivity index (χ1n) is 13.6. The number of fused-ring (bicyclic) bond motifs is 2. The summed E-state index contributed by atoms with van der Waals surface area (Å²) in [5.74, 6) is -0.0548. The van der Waals surface area contributed by atoms with Gasteiger partial charge in [-0.05, 0) is 68.0 Å². The van der Waals surface area contributed by atoms with Crippen LogP contribution in [0.15, 0.2) is 54.6 Å². The van der Waals surface area contributed by atoms with Gasteiger partial charge in [-0.15, -0.1) is 0 Å². The molecule has 4 aromatic rings. The minimum atomic E-state index is -0.323. The Hall–Kier alpha value is -3.78. The Kier molecular flexibility index (Phi) is 5.47. The largest absolute Gasteiger partial charge is 0.370 e. The minimum Gasteiger partial charge on any atom is -0.370 e. The van der Waals surface area contributed by atoms with Crippen LogP contribution in [0.1, 0.15) is 65.5 Å². The van der Waals surface area contributed by atoms with Crippen LogP contribution in [-0.2, 0) is 6.42 Å². The molecule has 2 aromatic carbocycles. The molecule has 2 aliphatic heterocycles. The average molecular weight is 511 g/mol. The smallest absolute Gasteiger partial charge is 0.273 e. The molecule has 0 radical (unpaired) electrons. The number of hydrogen-bond acceptors (Lipinski definition) is 5. The van der Waals surface area contributed by atoms with E-state index in [1.807, 2.05) is 23.1 Å². The molecule has 1 saturated carbocycles. The molecule has 2 aromatic heterocycles. The van der Waals surface area contributed by atoms with Crippen molar-refractivity contribution in [2.75, 3.05) is 24.5 Å². The van der Waals surface area contributed by atoms with E-state index in [9.17, 15) is 4.79 Å². The van der Waals surface area contributed by atoms with Gasteiger partial charge in [0.15, 0.2) is 5.65 Å². The van der Waals surface area contributed by atoms with E-state index >= 15 is 4.39 Å². The third-order valence-electron chi connectivity index (χ3n) is 8.34. The van der Waals surface area contributed by atoms with E-state index in [4.69, 9.17) is 15.8 Å². The fourth-order valence-corrected chi connectivity index (χ4v) is 6.04. The van der Waals surface area contributed by atoms with Crippen molar-refractivity contribution < 1.29 is 9.18 Å². The van der Waals surface area contributed by atoms with Crippen molar-refractivity contribution in [1.29, 1.82) is 0 Å². The summed E-state index contributed by atoms with van der Waals surface area (Å²) in [6.07, 6.45) is 3.85. The van der Waals surface area contributed by atoms with E-state index in [1.54, 1.807) is 22.7 Å². The fourth-order valence-electron chi connectivity index (χ4n) is 6.04. The highest BCUT2D eigenvalue weighted by atomic mass is 19.1. The number of nitrogens with zero attached hydrogens (tertiary/aromatic N) is 5. The molecule has 3 aliphatic rings. The van der Waals surface area contributed by atoms with Crippen LogP contribution in [0.5, 0.6) is 0 Å². The summed E-state index contributed by atoms with van der Waals surface area (Å²) in [7, 11) is 0. The number of hydrogen-bond donors (Lipinski definition) is 1. The molecule has 1 aliphatic carbocycles. The van der Waals surface area contributed by atoms with E-state index in [-0.39, 0.29) is 23.8 Å². The van der Waals surface area contributed by atoms with Crippen LogP contribution in [0.4, 0.5) is 10.1 Å². The second kappa shape index (κ2) is 8.91. The quantitative estimate of drug-likeness (QED) is 0.430. The molecule has 38 heavy (non-hydrogen) atoms. The number of rotatable bonds is 4. The summed E-state index contributed by atoms with van der Waals surface area (Å²) in [6, 6.07) is 17.4. The van der Waals surface area contributed by atoms with Gasteiger partial charge in [0.2, 0.25) is 0 Å². The Balaban J connectivity index is 1.23. The molecule has 4 heterocycles. The number of carbonyl (C=O) groups excluding carboxylic acids is 1. The standard InChI is InChI=1S/C30H31FN6O/c1-18-23-5-3-2-4-19(23)10-13-36(18)30(38)27-15-28(20-6-7-20)37-29(33-27)16-26(34-37)24-9-8-22(14-25(24)31)35-12-11-21(32)17-35/h2-5,8-9,14-16,18,20-21H,6-7,10-13,17,32H2,1H3/t18-,21-/m1/s1. The Labute approximate surface area is 221 Å². The van der Waals surface area contributed by atoms with Gasteiger partial charge < -0.3 is 15.5 Å². The lowest BCUT2D eigenvalue weighted by molar-refractivity contribution is 0.0671. The summed E-state index contributed by atoms with van der Waals surface area (Å²) in [4.78, 5) is 22.5. The molecule has 0 spiro atoms. The molecule has 194 valence electrons. The van der Waals surface area contributed by atoms with Crippen LogP contribution in [0.25, 0.3) is 16.9 Å². The van der Waals surface area contributed by atoms with Crippen molar-refractivity contribution in [1.82, 2.24) is 19.5 Å². The molecule has 2 N–H and O–H groups in total. The minimum absolute atomic E-state index is 0.0203. The molecule has 1 saturated heterocycles. The van der Waals surface area contributed by atoms with E-state index in [0.29, 0.717) is 35.1 Å². The third kappa shape index (κ3) is 3.95. The van der Waals surface area contributed by atoms with Crippen molar-refractivity contribution >= 4 is 17.2 Å². The van der Waals surface area contributed by atoms with Crippen LogP contribution in [0.3, 0.4) is 0 Å². The van der Waals surface area contributed by atoms with E-state index in [2.05, 4.69) is 30.0 Å². The van der Waals surface area contributed by atoms with Gasteiger partial charge in [0, 0.05) is 54.6 Å². The molecule has 8 heteroatoms. The van der Waals surface area contributed by atoms with Crippen molar-refractivity contribution in [2.24, 2.45) is 5.73 Å². The first-order valence-corrected chi connectivity index (χ1v) is 13.6. The SMILES string of the molecule is C[C@@H]1c2ccccc2CCN1C(=O)c1cc(C2CC2)n2nc(-c3ccc(N4CC[C@@H](N)C4)cc3F)cc2n1. The van der Waals surface area contributed by atoms with Crippen LogP contribution in [-0.4, -0.2) is 51.1 Å². The summed E-state index contributed by atoms with van der Waals surface area (Å²) < 4.78 is 17.1. The molecule has 1 amide bonds. The summed E-state index contributed by atoms with van der Waals surface area (Å²) in [6.45, 7) is 4.31. The van der Waals surface area contributed by atoms with Crippen molar-refractivity contribution in [2.45, 2.75) is 50.6 Å². The van der Waals surface area contributed by atoms with Gasteiger partial charge >= 0.3 is 0 Å². The van der Waals surface area contributed by atoms with E-state index in [0.717, 1.165) is 50.2 Å². The highest BCUT2D eigenvalue weighted by molar-refractivity contribution is 5.93. The number of anilines is 1. The first-order chi connectivity index (χ1) is 18.5. The molecule has 7 nitrogen and oxygen atoms in total. The Morgan fingerprint density at radius 2 is 1.89 bits per heavy atom. The number of aromatic nitrogens is 3. The normalized spacial score (nSPS) is 21.2. The lowest BCUT2D eigenvalue weighted by Gasteiger charge is -2.35. The van der Waals surface area contributed by atoms with E-state index < -0.39 is 0 Å². The lowest BCUT2D eigenvalue weighted by Crippen LogP contribution is -2.39. The maximum Gasteiger partial charge on any atom is 0.273 e. The molecule has 0 bridgehead atoms. The predicted molar refractivity (Wildman–Crippen MR) is 145 cm³/mol. The highest BCUT2D eigenvalue weighted by Gasteiger charge is 2.32. The van der Waals surface area contributed by atoms with Gasteiger partial charge in [-0.25, -0.2) is 13.9 Å². The van der Waals surface area contributed by atoms with Gasteiger partial charge in [-0.3, -0.25) is 4.79 Å². The zero-order chi connectivity index (χ0) is 26.0. The highest BCUT2D eigenvalue weighted by Crippen LogP contribution is 2.41. The zero-order valence-electron chi connectivity index (χ0n) is 21.5. The molecular formula is C30H31FN6O. The second-order valence-corrected chi connectivity index (χ2v) is 10.9. The van der Waals surface area contributed by atoms with Crippen LogP contribution in [0.2, 0.25) is 0 Å². The third-order valence-corrected chi connectivity index (χ3v) is 8.34. The number of halogens is 1. The van der Waals surface area contributed by atoms with Crippen LogP contribution in [0, 0.1) is 5.82 Å². The Morgan fingerprint density at radius 1 is 1.05 bits per heavy atom. The Bertz CT molecular complexity index is 1560. The zero-order valence-corrected chi connectivity index (χ0v) is 21.5. The topological polar surface area (TPSA) is 79.8 Å². The molecule has 7 rings (SSSR count). The average Bonchev–Trinajstić information content (AvgIpc) is 3.53. The number of amides is 1. The molecule has 0 unspecified atom stereocenters. The van der Waals surface area contributed by atoms with Crippen LogP contribution >= 0.6 is 0 Å². The predicted octanol–water partition coefficient (Wildman–Crippen LogP) is 4.71. The fraction of sp³-hybridized carbons (Fsp3) is 0.367. The maximum atomic E-state index is 15.3. The van der Waals surface area contributed by atoms with Crippen molar-refractivity contribution in [3.8, 4) is 11.3 Å². The summed E-state index contributed by atoms with van der Waals surface area (Å²) >= 11 is 0. The summed E-state index contributed by atoms with van der Waals surface area (Å²) in [5, 5.41) is 4.76. The van der Waals surface area contributed by atoms with Gasteiger partial charge in [0.05, 0.1) is 11.7 Å².